The normalized spacial score (nSPS) is 23.8. The van der Waals surface area contributed by atoms with Crippen LogP contribution >= 0.6 is 0 Å². The predicted octanol–water partition coefficient (Wildman–Crippen LogP) is 4.15. The molecule has 0 aromatic heterocycles. The zero-order valence-corrected chi connectivity index (χ0v) is 10.8. The smallest absolute Gasteiger partial charge is 0.307 e. The van der Waals surface area contributed by atoms with Crippen LogP contribution in [0.3, 0.4) is 0 Å². The molecule has 1 fully saturated rings. The van der Waals surface area contributed by atoms with Crippen molar-refractivity contribution in [3.63, 3.8) is 0 Å². The van der Waals surface area contributed by atoms with E-state index >= 15 is 0 Å². The average Bonchev–Trinajstić information content (AvgIpc) is 2.84. The fraction of sp³-hybridized carbons (Fsp3) is 0.571. The highest BCUT2D eigenvalue weighted by Gasteiger charge is 2.46. The van der Waals surface area contributed by atoms with Crippen LogP contribution in [0.2, 0.25) is 0 Å². The maximum absolute atomic E-state index is 12.9. The van der Waals surface area contributed by atoms with Gasteiger partial charge < -0.3 is 5.32 Å². The van der Waals surface area contributed by atoms with E-state index in [9.17, 15) is 13.2 Å². The zero-order valence-electron chi connectivity index (χ0n) is 10.8. The number of hydrogen-bond acceptors (Lipinski definition) is 1. The first-order chi connectivity index (χ1) is 8.22. The van der Waals surface area contributed by atoms with E-state index in [0.717, 1.165) is 12.5 Å². The molecule has 2 unspecified atom stereocenters. The van der Waals surface area contributed by atoms with Crippen molar-refractivity contribution in [2.75, 3.05) is 0 Å². The number of rotatable bonds is 3. The Morgan fingerprint density at radius 3 is 2.33 bits per heavy atom. The lowest BCUT2D eigenvalue weighted by Gasteiger charge is -2.20. The number of hydrogen-bond donors (Lipinski definition) is 1. The Morgan fingerprint density at radius 1 is 1.28 bits per heavy atom. The minimum atomic E-state index is -4.29. The van der Waals surface area contributed by atoms with Gasteiger partial charge in [-0.2, -0.15) is 13.2 Å². The summed E-state index contributed by atoms with van der Waals surface area (Å²) < 4.78 is 38.7. The third-order valence-electron chi connectivity index (χ3n) is 3.70. The first-order valence-electron chi connectivity index (χ1n) is 6.14. The molecule has 2 rings (SSSR count). The molecule has 18 heavy (non-hydrogen) atoms. The summed E-state index contributed by atoms with van der Waals surface area (Å²) in [7, 11) is 0. The lowest BCUT2D eigenvalue weighted by Crippen LogP contribution is -2.26. The number of nitrogens with one attached hydrogen (secondary N) is 1. The molecule has 0 spiro atoms. The quantitative estimate of drug-likeness (QED) is 0.857. The molecule has 0 amide bonds. The van der Waals surface area contributed by atoms with E-state index in [1.54, 1.807) is 19.1 Å². The van der Waals surface area contributed by atoms with Crippen molar-refractivity contribution in [1.29, 1.82) is 0 Å². The molecule has 1 aromatic carbocycles. The Bertz CT molecular complexity index is 437. The molecule has 0 radical (unpaired) electrons. The second-order valence-electron chi connectivity index (χ2n) is 5.72. The van der Waals surface area contributed by atoms with Crippen molar-refractivity contribution in [3.05, 3.63) is 35.4 Å². The van der Waals surface area contributed by atoms with Crippen LogP contribution in [0.25, 0.3) is 0 Å². The fourth-order valence-corrected chi connectivity index (χ4v) is 2.28. The Balaban J connectivity index is 2.18. The van der Waals surface area contributed by atoms with Crippen LogP contribution in [0.1, 0.15) is 44.4 Å². The van der Waals surface area contributed by atoms with Crippen molar-refractivity contribution >= 4 is 0 Å². The lowest BCUT2D eigenvalue weighted by molar-refractivity contribution is -0.138. The second kappa shape index (κ2) is 4.26. The maximum atomic E-state index is 12.9. The highest BCUT2D eigenvalue weighted by atomic mass is 19.4. The molecule has 1 saturated carbocycles. The minimum Gasteiger partial charge on any atom is -0.307 e. The summed E-state index contributed by atoms with van der Waals surface area (Å²) in [5, 5.41) is 3.27. The van der Waals surface area contributed by atoms with Crippen molar-refractivity contribution in [1.82, 2.24) is 5.32 Å². The number of alkyl halides is 3. The summed E-state index contributed by atoms with van der Waals surface area (Å²) in [4.78, 5) is 0. The van der Waals surface area contributed by atoms with Crippen LogP contribution in [-0.4, -0.2) is 6.04 Å². The summed E-state index contributed by atoms with van der Waals surface area (Å²) in [6.45, 7) is 6.03. The van der Waals surface area contributed by atoms with Crippen molar-refractivity contribution in [3.8, 4) is 0 Å². The molecule has 4 heteroatoms. The molecule has 2 atom stereocenters. The van der Waals surface area contributed by atoms with E-state index in [-0.39, 0.29) is 11.5 Å². The maximum Gasteiger partial charge on any atom is 0.416 e. The van der Waals surface area contributed by atoms with Crippen LogP contribution in [0.5, 0.6) is 0 Å². The molecule has 1 aliphatic rings. The van der Waals surface area contributed by atoms with E-state index in [2.05, 4.69) is 19.2 Å². The predicted molar refractivity (Wildman–Crippen MR) is 65.2 cm³/mol. The SMILES string of the molecule is CC(NC1CC1(C)C)c1ccccc1C(F)(F)F. The molecule has 1 nitrogen and oxygen atoms in total. The van der Waals surface area contributed by atoms with Crippen LogP contribution < -0.4 is 5.32 Å². The number of halogens is 3. The molecule has 0 aliphatic heterocycles. The summed E-state index contributed by atoms with van der Waals surface area (Å²) in [6, 6.07) is 5.81. The second-order valence-corrected chi connectivity index (χ2v) is 5.72. The Morgan fingerprint density at radius 2 is 1.83 bits per heavy atom. The van der Waals surface area contributed by atoms with Gasteiger partial charge in [-0.15, -0.1) is 0 Å². The average molecular weight is 257 g/mol. The van der Waals surface area contributed by atoms with E-state index in [1.165, 1.54) is 6.07 Å². The fourth-order valence-electron chi connectivity index (χ4n) is 2.28. The van der Waals surface area contributed by atoms with Gasteiger partial charge in [0.25, 0.3) is 0 Å². The van der Waals surface area contributed by atoms with Gasteiger partial charge in [-0.05, 0) is 30.4 Å². The molecular weight excluding hydrogens is 239 g/mol. The van der Waals surface area contributed by atoms with Crippen LogP contribution in [0.4, 0.5) is 13.2 Å². The van der Waals surface area contributed by atoms with E-state index in [0.29, 0.717) is 11.6 Å². The Kier molecular flexibility index (Phi) is 3.18. The van der Waals surface area contributed by atoms with E-state index in [4.69, 9.17) is 0 Å². The largest absolute Gasteiger partial charge is 0.416 e. The van der Waals surface area contributed by atoms with Crippen molar-refractivity contribution in [2.24, 2.45) is 5.41 Å². The van der Waals surface area contributed by atoms with E-state index in [1.807, 2.05) is 0 Å². The summed E-state index contributed by atoms with van der Waals surface area (Å²) in [6.07, 6.45) is -3.27. The standard InChI is InChI=1S/C14H18F3N/c1-9(18-12-8-13(12,2)3)10-6-4-5-7-11(10)14(15,16)17/h4-7,9,12,18H,8H2,1-3H3. The number of benzene rings is 1. The molecule has 1 aromatic rings. The molecule has 0 saturated heterocycles. The summed E-state index contributed by atoms with van der Waals surface area (Å²) in [5.41, 5.74) is -0.00213. The topological polar surface area (TPSA) is 12.0 Å². The molecule has 0 heterocycles. The van der Waals surface area contributed by atoms with Gasteiger partial charge >= 0.3 is 6.18 Å². The van der Waals surface area contributed by atoms with Gasteiger partial charge in [0, 0.05) is 12.1 Å². The molecule has 0 bridgehead atoms. The van der Waals surface area contributed by atoms with Gasteiger partial charge in [0.15, 0.2) is 0 Å². The molecule has 1 aliphatic carbocycles. The van der Waals surface area contributed by atoms with Gasteiger partial charge in [0.05, 0.1) is 5.56 Å². The van der Waals surface area contributed by atoms with E-state index < -0.39 is 11.7 Å². The van der Waals surface area contributed by atoms with Gasteiger partial charge in [-0.1, -0.05) is 32.0 Å². The minimum absolute atomic E-state index is 0.210. The van der Waals surface area contributed by atoms with Crippen LogP contribution in [0.15, 0.2) is 24.3 Å². The Hall–Kier alpha value is -1.03. The van der Waals surface area contributed by atoms with Crippen molar-refractivity contribution in [2.45, 2.75) is 45.5 Å². The lowest BCUT2D eigenvalue weighted by atomic mass is 10.0. The molecule has 100 valence electrons. The highest BCUT2D eigenvalue weighted by Crippen LogP contribution is 2.46. The van der Waals surface area contributed by atoms with Gasteiger partial charge in [0.2, 0.25) is 0 Å². The Labute approximate surface area is 105 Å². The van der Waals surface area contributed by atoms with Crippen molar-refractivity contribution < 1.29 is 13.2 Å². The first kappa shape index (κ1) is 13.4. The molecular formula is C14H18F3N. The molecule has 1 N–H and O–H groups in total. The summed E-state index contributed by atoms with van der Waals surface area (Å²) in [5.74, 6) is 0. The zero-order chi connectivity index (χ0) is 13.6. The first-order valence-corrected chi connectivity index (χ1v) is 6.14. The third kappa shape index (κ3) is 2.69. The van der Waals surface area contributed by atoms with Gasteiger partial charge in [-0.3, -0.25) is 0 Å². The third-order valence-corrected chi connectivity index (χ3v) is 3.70. The van der Waals surface area contributed by atoms with Gasteiger partial charge in [-0.25, -0.2) is 0 Å². The highest BCUT2D eigenvalue weighted by molar-refractivity contribution is 5.32. The summed E-state index contributed by atoms with van der Waals surface area (Å²) >= 11 is 0. The van der Waals surface area contributed by atoms with Gasteiger partial charge in [0.1, 0.15) is 0 Å². The van der Waals surface area contributed by atoms with Crippen LogP contribution in [-0.2, 0) is 6.18 Å². The van der Waals surface area contributed by atoms with Crippen LogP contribution in [0, 0.1) is 5.41 Å². The monoisotopic (exact) mass is 257 g/mol.